The molecular formula is C16H22N2. The smallest absolute Gasteiger partial charge is 0.107 e. The van der Waals surface area contributed by atoms with Gasteiger partial charge in [0.25, 0.3) is 0 Å². The van der Waals surface area contributed by atoms with E-state index in [0.29, 0.717) is 5.92 Å². The fourth-order valence-electron chi connectivity index (χ4n) is 2.91. The zero-order valence-corrected chi connectivity index (χ0v) is 11.2. The minimum atomic E-state index is -0.297. The summed E-state index contributed by atoms with van der Waals surface area (Å²) in [6.45, 7) is 3.03. The molecule has 2 heteroatoms. The van der Waals surface area contributed by atoms with Gasteiger partial charge in [-0.25, -0.2) is 0 Å². The van der Waals surface area contributed by atoms with Crippen molar-refractivity contribution >= 4 is 0 Å². The molecule has 1 aromatic carbocycles. The summed E-state index contributed by atoms with van der Waals surface area (Å²) in [5, 5.41) is 13.0. The maximum atomic E-state index is 9.52. The van der Waals surface area contributed by atoms with Crippen LogP contribution in [-0.2, 0) is 6.54 Å². The van der Waals surface area contributed by atoms with Gasteiger partial charge in [-0.3, -0.25) is 5.32 Å². The molecule has 2 rings (SSSR count). The van der Waals surface area contributed by atoms with Crippen LogP contribution in [0.1, 0.15) is 44.6 Å². The SMILES string of the molecule is CCC1CCCC(C#N)(NCc2ccccc2)C1. The van der Waals surface area contributed by atoms with Crippen LogP contribution in [0.25, 0.3) is 0 Å². The number of hydrogen-bond acceptors (Lipinski definition) is 2. The molecule has 0 radical (unpaired) electrons. The quantitative estimate of drug-likeness (QED) is 0.875. The molecule has 0 bridgehead atoms. The normalized spacial score (nSPS) is 27.7. The molecule has 1 aromatic rings. The highest BCUT2D eigenvalue weighted by atomic mass is 15.0. The van der Waals surface area contributed by atoms with Crippen LogP contribution in [0.15, 0.2) is 30.3 Å². The molecular weight excluding hydrogens is 220 g/mol. The van der Waals surface area contributed by atoms with Gasteiger partial charge in [-0.1, -0.05) is 56.5 Å². The van der Waals surface area contributed by atoms with Crippen molar-refractivity contribution in [3.8, 4) is 6.07 Å². The van der Waals surface area contributed by atoms with Crippen LogP contribution < -0.4 is 5.32 Å². The van der Waals surface area contributed by atoms with Gasteiger partial charge in [-0.15, -0.1) is 0 Å². The Morgan fingerprint density at radius 1 is 1.39 bits per heavy atom. The van der Waals surface area contributed by atoms with E-state index in [1.54, 1.807) is 0 Å². The van der Waals surface area contributed by atoms with Gasteiger partial charge in [-0.2, -0.15) is 5.26 Å². The Bertz CT molecular complexity index is 407. The first kappa shape index (κ1) is 13.1. The molecule has 0 aromatic heterocycles. The zero-order valence-electron chi connectivity index (χ0n) is 11.2. The number of nitriles is 1. The zero-order chi connectivity index (χ0) is 12.8. The van der Waals surface area contributed by atoms with Crippen molar-refractivity contribution < 1.29 is 0 Å². The van der Waals surface area contributed by atoms with Crippen LogP contribution >= 0.6 is 0 Å². The van der Waals surface area contributed by atoms with E-state index in [1.165, 1.54) is 24.8 Å². The molecule has 0 spiro atoms. The largest absolute Gasteiger partial charge is 0.295 e. The highest BCUT2D eigenvalue weighted by molar-refractivity contribution is 5.17. The predicted molar refractivity (Wildman–Crippen MR) is 73.9 cm³/mol. The molecule has 1 fully saturated rings. The summed E-state index contributed by atoms with van der Waals surface area (Å²) < 4.78 is 0. The van der Waals surface area contributed by atoms with Crippen molar-refractivity contribution in [1.82, 2.24) is 5.32 Å². The van der Waals surface area contributed by atoms with Crippen molar-refractivity contribution in [3.63, 3.8) is 0 Å². The maximum Gasteiger partial charge on any atom is 0.107 e. The summed E-state index contributed by atoms with van der Waals surface area (Å²) >= 11 is 0. The lowest BCUT2D eigenvalue weighted by Gasteiger charge is -2.36. The second-order valence-corrected chi connectivity index (χ2v) is 5.40. The Labute approximate surface area is 110 Å². The monoisotopic (exact) mass is 242 g/mol. The van der Waals surface area contributed by atoms with E-state index in [4.69, 9.17) is 0 Å². The van der Waals surface area contributed by atoms with Crippen LogP contribution in [0.2, 0.25) is 0 Å². The third-order valence-corrected chi connectivity index (χ3v) is 4.12. The minimum Gasteiger partial charge on any atom is -0.295 e. The second kappa shape index (κ2) is 6.02. The Kier molecular flexibility index (Phi) is 4.38. The van der Waals surface area contributed by atoms with Crippen molar-refractivity contribution in [1.29, 1.82) is 5.26 Å². The highest BCUT2D eigenvalue weighted by Crippen LogP contribution is 2.34. The van der Waals surface area contributed by atoms with Crippen LogP contribution in [-0.4, -0.2) is 5.54 Å². The van der Waals surface area contributed by atoms with Crippen molar-refractivity contribution in [3.05, 3.63) is 35.9 Å². The van der Waals surface area contributed by atoms with E-state index >= 15 is 0 Å². The van der Waals surface area contributed by atoms with Gasteiger partial charge in [-0.05, 0) is 24.3 Å². The molecule has 2 unspecified atom stereocenters. The van der Waals surface area contributed by atoms with Gasteiger partial charge in [0.05, 0.1) is 6.07 Å². The Morgan fingerprint density at radius 2 is 2.17 bits per heavy atom. The molecule has 96 valence electrons. The lowest BCUT2D eigenvalue weighted by Crippen LogP contribution is -2.47. The van der Waals surface area contributed by atoms with E-state index in [9.17, 15) is 5.26 Å². The van der Waals surface area contributed by atoms with E-state index in [1.807, 2.05) is 18.2 Å². The lowest BCUT2D eigenvalue weighted by atomic mass is 9.75. The van der Waals surface area contributed by atoms with Crippen LogP contribution in [0.5, 0.6) is 0 Å². The van der Waals surface area contributed by atoms with Crippen LogP contribution in [0.4, 0.5) is 0 Å². The summed E-state index contributed by atoms with van der Waals surface area (Å²) in [5.74, 6) is 0.710. The standard InChI is InChI=1S/C16H22N2/c1-2-14-9-6-10-16(11-14,13-17)18-12-15-7-4-3-5-8-15/h3-5,7-8,14,18H,2,6,9-12H2,1H3. The number of nitrogens with one attached hydrogen (secondary N) is 1. The Balaban J connectivity index is 1.98. The number of rotatable bonds is 4. The molecule has 18 heavy (non-hydrogen) atoms. The van der Waals surface area contributed by atoms with E-state index in [2.05, 4.69) is 30.4 Å². The number of nitrogens with zero attached hydrogens (tertiary/aromatic N) is 1. The highest BCUT2D eigenvalue weighted by Gasteiger charge is 2.35. The minimum absolute atomic E-state index is 0.297. The summed E-state index contributed by atoms with van der Waals surface area (Å²) in [5.41, 5.74) is 0.958. The maximum absolute atomic E-state index is 9.52. The lowest BCUT2D eigenvalue weighted by molar-refractivity contribution is 0.223. The molecule has 0 saturated heterocycles. The first-order chi connectivity index (χ1) is 8.78. The third-order valence-electron chi connectivity index (χ3n) is 4.12. The van der Waals surface area contributed by atoms with Gasteiger partial charge in [0.2, 0.25) is 0 Å². The molecule has 1 saturated carbocycles. The molecule has 2 nitrogen and oxygen atoms in total. The molecule has 1 N–H and O–H groups in total. The predicted octanol–water partition coefficient (Wildman–Crippen LogP) is 3.64. The molecule has 0 aliphatic heterocycles. The van der Waals surface area contributed by atoms with E-state index < -0.39 is 0 Å². The summed E-state index contributed by atoms with van der Waals surface area (Å²) in [4.78, 5) is 0. The molecule has 0 amide bonds. The summed E-state index contributed by atoms with van der Waals surface area (Å²) in [6, 6.07) is 12.9. The second-order valence-electron chi connectivity index (χ2n) is 5.40. The van der Waals surface area contributed by atoms with Crippen molar-refractivity contribution in [2.24, 2.45) is 5.92 Å². The molecule has 1 aliphatic rings. The topological polar surface area (TPSA) is 35.8 Å². The van der Waals surface area contributed by atoms with Gasteiger partial charge in [0.15, 0.2) is 0 Å². The first-order valence-corrected chi connectivity index (χ1v) is 6.98. The fourth-order valence-corrected chi connectivity index (χ4v) is 2.91. The van der Waals surface area contributed by atoms with E-state index in [-0.39, 0.29) is 5.54 Å². The van der Waals surface area contributed by atoms with Crippen LogP contribution in [0.3, 0.4) is 0 Å². The Morgan fingerprint density at radius 3 is 2.83 bits per heavy atom. The molecule has 0 heterocycles. The Hall–Kier alpha value is -1.33. The van der Waals surface area contributed by atoms with Gasteiger partial charge in [0.1, 0.15) is 5.54 Å². The number of hydrogen-bond donors (Lipinski definition) is 1. The third kappa shape index (κ3) is 3.11. The number of benzene rings is 1. The molecule has 1 aliphatic carbocycles. The average Bonchev–Trinajstić information content (AvgIpc) is 2.46. The van der Waals surface area contributed by atoms with Crippen LogP contribution in [0, 0.1) is 17.2 Å². The van der Waals surface area contributed by atoms with Crippen molar-refractivity contribution in [2.45, 2.75) is 51.1 Å². The molecule has 2 atom stereocenters. The van der Waals surface area contributed by atoms with E-state index in [0.717, 1.165) is 19.4 Å². The van der Waals surface area contributed by atoms with Gasteiger partial charge < -0.3 is 0 Å². The van der Waals surface area contributed by atoms with Gasteiger partial charge >= 0.3 is 0 Å². The summed E-state index contributed by atoms with van der Waals surface area (Å²) in [6.07, 6.45) is 5.65. The van der Waals surface area contributed by atoms with Crippen molar-refractivity contribution in [2.75, 3.05) is 0 Å². The van der Waals surface area contributed by atoms with Gasteiger partial charge in [0, 0.05) is 6.54 Å². The first-order valence-electron chi connectivity index (χ1n) is 6.98. The average molecular weight is 242 g/mol. The fraction of sp³-hybridized carbons (Fsp3) is 0.562. The summed E-state index contributed by atoms with van der Waals surface area (Å²) in [7, 11) is 0.